The maximum atomic E-state index is 12.6. The van der Waals surface area contributed by atoms with Gasteiger partial charge >= 0.3 is 6.18 Å². The molecule has 0 saturated carbocycles. The van der Waals surface area contributed by atoms with Crippen LogP contribution in [-0.2, 0) is 6.18 Å². The molecule has 1 saturated heterocycles. The summed E-state index contributed by atoms with van der Waals surface area (Å²) in [5.41, 5.74) is 0.443. The van der Waals surface area contributed by atoms with Crippen LogP contribution in [0.2, 0.25) is 0 Å². The van der Waals surface area contributed by atoms with Gasteiger partial charge in [0.05, 0.1) is 17.4 Å². The molecule has 1 amide bonds. The van der Waals surface area contributed by atoms with Crippen LogP contribution < -0.4 is 0 Å². The first-order valence-corrected chi connectivity index (χ1v) is 7.63. The van der Waals surface area contributed by atoms with Crippen molar-refractivity contribution in [3.63, 3.8) is 0 Å². The molecule has 2 heterocycles. The lowest BCUT2D eigenvalue weighted by atomic mass is 10.1. The Morgan fingerprint density at radius 1 is 1.23 bits per heavy atom. The number of hydrogen-bond acceptors (Lipinski definition) is 3. The van der Waals surface area contributed by atoms with Crippen LogP contribution in [0, 0.1) is 0 Å². The van der Waals surface area contributed by atoms with Gasteiger partial charge in [-0.1, -0.05) is 12.1 Å². The summed E-state index contributed by atoms with van der Waals surface area (Å²) in [6.45, 7) is 0.556. The van der Waals surface area contributed by atoms with Crippen molar-refractivity contribution < 1.29 is 22.4 Å². The van der Waals surface area contributed by atoms with E-state index < -0.39 is 11.7 Å². The van der Waals surface area contributed by atoms with E-state index >= 15 is 0 Å². The first kappa shape index (κ1) is 15.0. The fourth-order valence-electron chi connectivity index (χ4n) is 2.34. The number of hydrogen-bond donors (Lipinski definition) is 0. The van der Waals surface area contributed by atoms with Crippen molar-refractivity contribution in [2.24, 2.45) is 0 Å². The van der Waals surface area contributed by atoms with Crippen molar-refractivity contribution in [1.29, 1.82) is 0 Å². The Kier molecular flexibility index (Phi) is 3.90. The smallest absolute Gasteiger partial charge is 0.416 e. The van der Waals surface area contributed by atoms with Crippen molar-refractivity contribution in [2.45, 2.75) is 11.6 Å². The Labute approximate surface area is 129 Å². The summed E-state index contributed by atoms with van der Waals surface area (Å²) >= 11 is 1.54. The topological polar surface area (TPSA) is 33.5 Å². The third kappa shape index (κ3) is 2.85. The Morgan fingerprint density at radius 3 is 2.55 bits per heavy atom. The molecule has 3 rings (SSSR count). The Hall–Kier alpha value is -1.89. The van der Waals surface area contributed by atoms with E-state index in [1.165, 1.54) is 36.4 Å². The molecule has 1 aromatic heterocycles. The minimum absolute atomic E-state index is 0.177. The SMILES string of the molecule is O=C(c1ccoc1)N1CCS[C@H]1c1ccc(C(F)(F)F)cc1. The summed E-state index contributed by atoms with van der Waals surface area (Å²) in [7, 11) is 0. The van der Waals surface area contributed by atoms with Crippen LogP contribution in [0.1, 0.15) is 26.9 Å². The highest BCUT2D eigenvalue weighted by atomic mass is 32.2. The number of nitrogens with zero attached hydrogens (tertiary/aromatic N) is 1. The maximum absolute atomic E-state index is 12.6. The molecule has 3 nitrogen and oxygen atoms in total. The van der Waals surface area contributed by atoms with Gasteiger partial charge in [-0.05, 0) is 23.8 Å². The van der Waals surface area contributed by atoms with Crippen molar-refractivity contribution in [3.8, 4) is 0 Å². The highest BCUT2D eigenvalue weighted by Gasteiger charge is 2.33. The first-order valence-electron chi connectivity index (χ1n) is 6.59. The average molecular weight is 327 g/mol. The molecule has 7 heteroatoms. The van der Waals surface area contributed by atoms with Gasteiger partial charge in [-0.15, -0.1) is 11.8 Å². The summed E-state index contributed by atoms with van der Waals surface area (Å²) in [4.78, 5) is 14.0. The normalized spacial score (nSPS) is 18.7. The monoisotopic (exact) mass is 327 g/mol. The van der Waals surface area contributed by atoms with Crippen LogP contribution >= 0.6 is 11.8 Å². The van der Waals surface area contributed by atoms with E-state index in [9.17, 15) is 18.0 Å². The largest absolute Gasteiger partial charge is 0.472 e. The summed E-state index contributed by atoms with van der Waals surface area (Å²) < 4.78 is 42.7. The van der Waals surface area contributed by atoms with Gasteiger partial charge in [-0.25, -0.2) is 0 Å². The molecule has 2 aromatic rings. The number of halogens is 3. The molecular weight excluding hydrogens is 315 g/mol. The van der Waals surface area contributed by atoms with Crippen molar-refractivity contribution >= 4 is 17.7 Å². The summed E-state index contributed by atoms with van der Waals surface area (Å²) in [6.07, 6.45) is -1.56. The van der Waals surface area contributed by atoms with Gasteiger partial charge in [0.1, 0.15) is 11.6 Å². The molecule has 0 bridgehead atoms. The van der Waals surface area contributed by atoms with Crippen molar-refractivity contribution in [3.05, 3.63) is 59.5 Å². The quantitative estimate of drug-likeness (QED) is 0.829. The molecule has 22 heavy (non-hydrogen) atoms. The van der Waals surface area contributed by atoms with Gasteiger partial charge in [0.25, 0.3) is 5.91 Å². The van der Waals surface area contributed by atoms with Crippen LogP contribution in [-0.4, -0.2) is 23.1 Å². The predicted molar refractivity (Wildman–Crippen MR) is 76.4 cm³/mol. The second kappa shape index (κ2) is 5.72. The number of benzene rings is 1. The number of rotatable bonds is 2. The van der Waals surface area contributed by atoms with Gasteiger partial charge in [0.2, 0.25) is 0 Å². The fourth-order valence-corrected chi connectivity index (χ4v) is 3.60. The van der Waals surface area contributed by atoms with Crippen LogP contribution in [0.25, 0.3) is 0 Å². The summed E-state index contributed by atoms with van der Waals surface area (Å²) in [5, 5.41) is -0.273. The van der Waals surface area contributed by atoms with Gasteiger partial charge in [-0.3, -0.25) is 4.79 Å². The molecule has 0 N–H and O–H groups in total. The van der Waals surface area contributed by atoms with Gasteiger partial charge in [0.15, 0.2) is 0 Å². The van der Waals surface area contributed by atoms with E-state index in [-0.39, 0.29) is 11.3 Å². The third-order valence-corrected chi connectivity index (χ3v) is 4.70. The van der Waals surface area contributed by atoms with Gasteiger partial charge < -0.3 is 9.32 Å². The number of carbonyl (C=O) groups excluding carboxylic acids is 1. The first-order chi connectivity index (χ1) is 10.5. The number of furan rings is 1. The molecule has 1 fully saturated rings. The van der Waals surface area contributed by atoms with Crippen LogP contribution in [0.3, 0.4) is 0 Å². The molecule has 0 aliphatic carbocycles. The number of amides is 1. The van der Waals surface area contributed by atoms with E-state index in [0.717, 1.165) is 17.9 Å². The highest BCUT2D eigenvalue weighted by molar-refractivity contribution is 7.99. The zero-order valence-corrected chi connectivity index (χ0v) is 12.2. The zero-order chi connectivity index (χ0) is 15.7. The van der Waals surface area contributed by atoms with E-state index in [4.69, 9.17) is 4.42 Å². The average Bonchev–Trinajstić information content (AvgIpc) is 3.17. The second-order valence-electron chi connectivity index (χ2n) is 4.85. The van der Waals surface area contributed by atoms with Crippen molar-refractivity contribution in [2.75, 3.05) is 12.3 Å². The van der Waals surface area contributed by atoms with E-state index in [0.29, 0.717) is 17.7 Å². The lowest BCUT2D eigenvalue weighted by Crippen LogP contribution is -2.30. The molecular formula is C15H12F3NO2S. The molecule has 0 radical (unpaired) electrons. The number of carbonyl (C=O) groups is 1. The Morgan fingerprint density at radius 2 is 1.95 bits per heavy atom. The molecule has 0 spiro atoms. The summed E-state index contributed by atoms with van der Waals surface area (Å²) in [5.74, 6) is 0.568. The molecule has 1 aliphatic rings. The standard InChI is InChI=1S/C15H12F3NO2S/c16-15(17,18)12-3-1-10(2-4-12)14-19(6-8-22-14)13(20)11-5-7-21-9-11/h1-5,7,9,14H,6,8H2/t14-/m0/s1. The zero-order valence-electron chi connectivity index (χ0n) is 11.3. The molecule has 1 atom stereocenters. The molecule has 116 valence electrons. The van der Waals surface area contributed by atoms with Crippen LogP contribution in [0.15, 0.2) is 47.3 Å². The molecule has 1 aromatic carbocycles. The van der Waals surface area contributed by atoms with Gasteiger partial charge in [0, 0.05) is 12.3 Å². The third-order valence-electron chi connectivity index (χ3n) is 3.44. The molecule has 0 unspecified atom stereocenters. The second-order valence-corrected chi connectivity index (χ2v) is 6.04. The van der Waals surface area contributed by atoms with Crippen LogP contribution in [0.5, 0.6) is 0 Å². The number of thioether (sulfide) groups is 1. The minimum Gasteiger partial charge on any atom is -0.472 e. The lowest BCUT2D eigenvalue weighted by Gasteiger charge is -2.24. The number of alkyl halides is 3. The lowest BCUT2D eigenvalue weighted by molar-refractivity contribution is -0.137. The van der Waals surface area contributed by atoms with Crippen molar-refractivity contribution in [1.82, 2.24) is 4.90 Å². The molecule has 1 aliphatic heterocycles. The summed E-state index contributed by atoms with van der Waals surface area (Å²) in [6, 6.07) is 6.54. The highest BCUT2D eigenvalue weighted by Crippen LogP contribution is 2.39. The maximum Gasteiger partial charge on any atom is 0.416 e. The van der Waals surface area contributed by atoms with Gasteiger partial charge in [-0.2, -0.15) is 13.2 Å². The predicted octanol–water partition coefficient (Wildman–Crippen LogP) is 4.19. The van der Waals surface area contributed by atoms with Crippen LogP contribution in [0.4, 0.5) is 13.2 Å². The fraction of sp³-hybridized carbons (Fsp3) is 0.267. The van der Waals surface area contributed by atoms with E-state index in [1.807, 2.05) is 0 Å². The van der Waals surface area contributed by atoms with E-state index in [2.05, 4.69) is 0 Å². The van der Waals surface area contributed by atoms with E-state index in [1.54, 1.807) is 11.0 Å². The minimum atomic E-state index is -4.35. The Balaban J connectivity index is 1.83. The Bertz CT molecular complexity index is 652.